The number of thiocarbonyl (C=S) groups is 1. The van der Waals surface area contributed by atoms with Gasteiger partial charge in [-0.05, 0) is 49.5 Å². The molecule has 1 saturated heterocycles. The lowest BCUT2D eigenvalue weighted by Crippen LogP contribution is -2.30. The number of fused-ring (bicyclic) bond motifs is 1. The van der Waals surface area contributed by atoms with Crippen LogP contribution in [0.25, 0.3) is 11.7 Å². The van der Waals surface area contributed by atoms with Crippen LogP contribution < -0.4 is 10.9 Å². The fraction of sp³-hybridized carbons (Fsp3) is 0.333. The summed E-state index contributed by atoms with van der Waals surface area (Å²) in [4.78, 5) is 33.7. The van der Waals surface area contributed by atoms with Crippen LogP contribution in [0.15, 0.2) is 58.4 Å². The number of benzene rings is 1. The molecule has 3 aromatic rings. The third-order valence-electron chi connectivity index (χ3n) is 6.57. The fourth-order valence-electron chi connectivity index (χ4n) is 4.65. The van der Waals surface area contributed by atoms with E-state index in [0.29, 0.717) is 39.2 Å². The highest BCUT2D eigenvalue weighted by Gasteiger charge is 2.32. The van der Waals surface area contributed by atoms with Crippen molar-refractivity contribution in [3.8, 4) is 0 Å². The van der Waals surface area contributed by atoms with Gasteiger partial charge in [0.1, 0.15) is 15.8 Å². The van der Waals surface area contributed by atoms with Gasteiger partial charge in [-0.25, -0.2) is 4.98 Å². The minimum atomic E-state index is -0.188. The molecule has 1 saturated carbocycles. The first-order chi connectivity index (χ1) is 17.0. The number of hydrogen-bond acceptors (Lipinski definition) is 6. The Hall–Kier alpha value is -2.97. The van der Waals surface area contributed by atoms with Gasteiger partial charge in [-0.3, -0.25) is 18.9 Å². The number of carbonyl (C=O) groups is 1. The van der Waals surface area contributed by atoms with E-state index in [4.69, 9.17) is 17.2 Å². The molecule has 1 aliphatic heterocycles. The molecule has 180 valence electrons. The molecule has 8 heteroatoms. The second-order valence-electron chi connectivity index (χ2n) is 9.16. The highest BCUT2D eigenvalue weighted by molar-refractivity contribution is 8.26. The molecule has 0 atom stereocenters. The largest absolute Gasteiger partial charge is 0.367 e. The third-order valence-corrected chi connectivity index (χ3v) is 7.95. The van der Waals surface area contributed by atoms with Gasteiger partial charge >= 0.3 is 0 Å². The van der Waals surface area contributed by atoms with Crippen molar-refractivity contribution < 1.29 is 4.79 Å². The lowest BCUT2D eigenvalue weighted by Gasteiger charge is -2.24. The Morgan fingerprint density at radius 3 is 2.66 bits per heavy atom. The summed E-state index contributed by atoms with van der Waals surface area (Å²) >= 11 is 6.78. The average Bonchev–Trinajstić information content (AvgIpc) is 3.14. The number of aromatic nitrogens is 2. The van der Waals surface area contributed by atoms with Gasteiger partial charge in [0.2, 0.25) is 0 Å². The van der Waals surface area contributed by atoms with Gasteiger partial charge in [-0.2, -0.15) is 0 Å². The van der Waals surface area contributed by atoms with Crippen LogP contribution in [0, 0.1) is 6.92 Å². The van der Waals surface area contributed by atoms with Gasteiger partial charge in [-0.15, -0.1) is 0 Å². The predicted octanol–water partition coefficient (Wildman–Crippen LogP) is 5.19. The maximum Gasteiger partial charge on any atom is 0.267 e. The Balaban J connectivity index is 1.48. The standard InChI is InChI=1S/C27H28N4O2S2/c1-18-12-13-23-29-24(28-20-10-6-3-7-11-20)21(25(32)31(23)17-18)16-22-26(33)30(27(34)35-22)15-14-19-8-4-2-5-9-19/h2,4-5,8-9,12-13,16-17,20,28H,3,6-7,10-11,14-15H2,1H3/b22-16+. The zero-order chi connectivity index (χ0) is 24.4. The molecule has 0 spiro atoms. The topological polar surface area (TPSA) is 66.7 Å². The number of aryl methyl sites for hydroxylation is 1. The number of thioether (sulfide) groups is 1. The van der Waals surface area contributed by atoms with E-state index in [1.165, 1.54) is 31.0 Å². The molecule has 0 bridgehead atoms. The van der Waals surface area contributed by atoms with Crippen LogP contribution in [0.4, 0.5) is 5.82 Å². The molecule has 1 N–H and O–H groups in total. The summed E-state index contributed by atoms with van der Waals surface area (Å²) < 4.78 is 2.08. The van der Waals surface area contributed by atoms with Crippen LogP contribution in [-0.4, -0.2) is 37.1 Å². The Morgan fingerprint density at radius 2 is 1.89 bits per heavy atom. The van der Waals surface area contributed by atoms with Crippen molar-refractivity contribution in [3.05, 3.63) is 80.6 Å². The molecule has 0 radical (unpaired) electrons. The van der Waals surface area contributed by atoms with E-state index in [0.717, 1.165) is 24.0 Å². The maximum atomic E-state index is 13.6. The number of pyridine rings is 1. The number of nitrogens with zero attached hydrogens (tertiary/aromatic N) is 3. The van der Waals surface area contributed by atoms with Gasteiger partial charge in [0.05, 0.1) is 10.5 Å². The highest BCUT2D eigenvalue weighted by atomic mass is 32.2. The molecule has 1 aliphatic carbocycles. The number of carbonyl (C=O) groups excluding carboxylic acids is 1. The molecule has 2 aliphatic rings. The quantitative estimate of drug-likeness (QED) is 0.368. The summed E-state index contributed by atoms with van der Waals surface area (Å²) in [6.07, 6.45) is 9.86. The number of anilines is 1. The van der Waals surface area contributed by atoms with Crippen LogP contribution in [0.2, 0.25) is 0 Å². The summed E-state index contributed by atoms with van der Waals surface area (Å²) in [6, 6.07) is 14.1. The number of nitrogens with one attached hydrogen (secondary N) is 1. The van der Waals surface area contributed by atoms with Crippen molar-refractivity contribution in [1.29, 1.82) is 0 Å². The van der Waals surface area contributed by atoms with Gasteiger partial charge in [0.25, 0.3) is 11.5 Å². The first kappa shape index (κ1) is 23.8. The predicted molar refractivity (Wildman–Crippen MR) is 147 cm³/mol. The summed E-state index contributed by atoms with van der Waals surface area (Å²) in [5.74, 6) is 0.383. The van der Waals surface area contributed by atoms with Crippen LogP contribution in [0.3, 0.4) is 0 Å². The molecule has 5 rings (SSSR count). The summed E-state index contributed by atoms with van der Waals surface area (Å²) in [7, 11) is 0. The van der Waals surface area contributed by atoms with E-state index in [9.17, 15) is 9.59 Å². The van der Waals surface area contributed by atoms with Gasteiger partial charge < -0.3 is 5.32 Å². The number of rotatable bonds is 6. The molecule has 1 aromatic carbocycles. The normalized spacial score (nSPS) is 18.1. The Kier molecular flexibility index (Phi) is 7.02. The molecule has 3 heterocycles. The number of amides is 1. The fourth-order valence-corrected chi connectivity index (χ4v) is 5.94. The minimum absolute atomic E-state index is 0.159. The number of hydrogen-bond donors (Lipinski definition) is 1. The third kappa shape index (κ3) is 5.18. The minimum Gasteiger partial charge on any atom is -0.367 e. The lowest BCUT2D eigenvalue weighted by atomic mass is 9.95. The van der Waals surface area contributed by atoms with Crippen molar-refractivity contribution >= 4 is 51.7 Å². The van der Waals surface area contributed by atoms with E-state index >= 15 is 0 Å². The summed E-state index contributed by atoms with van der Waals surface area (Å²) in [5.41, 5.74) is 2.92. The van der Waals surface area contributed by atoms with E-state index in [2.05, 4.69) is 5.32 Å². The molecule has 2 aromatic heterocycles. The Bertz CT molecular complexity index is 1360. The van der Waals surface area contributed by atoms with Crippen LogP contribution in [0.1, 0.15) is 48.8 Å². The van der Waals surface area contributed by atoms with Crippen LogP contribution >= 0.6 is 24.0 Å². The molecule has 0 unspecified atom stereocenters. The van der Waals surface area contributed by atoms with Crippen molar-refractivity contribution in [2.24, 2.45) is 0 Å². The van der Waals surface area contributed by atoms with Crippen LogP contribution in [0.5, 0.6) is 0 Å². The Morgan fingerprint density at radius 1 is 1.11 bits per heavy atom. The molecule has 2 fully saturated rings. The summed E-state index contributed by atoms with van der Waals surface area (Å²) in [6.45, 7) is 2.45. The second-order valence-corrected chi connectivity index (χ2v) is 10.8. The maximum absolute atomic E-state index is 13.6. The van der Waals surface area contributed by atoms with Crippen molar-refractivity contribution in [2.45, 2.75) is 51.5 Å². The second kappa shape index (κ2) is 10.3. The molecule has 6 nitrogen and oxygen atoms in total. The zero-order valence-electron chi connectivity index (χ0n) is 19.7. The zero-order valence-corrected chi connectivity index (χ0v) is 21.3. The van der Waals surface area contributed by atoms with E-state index in [-0.39, 0.29) is 17.5 Å². The van der Waals surface area contributed by atoms with Crippen molar-refractivity contribution in [2.75, 3.05) is 11.9 Å². The molecular weight excluding hydrogens is 476 g/mol. The van der Waals surface area contributed by atoms with E-state index in [1.54, 1.807) is 21.6 Å². The summed E-state index contributed by atoms with van der Waals surface area (Å²) in [5, 5.41) is 3.52. The van der Waals surface area contributed by atoms with Gasteiger partial charge in [0, 0.05) is 18.8 Å². The molecule has 1 amide bonds. The first-order valence-corrected chi connectivity index (χ1v) is 13.3. The van der Waals surface area contributed by atoms with Crippen LogP contribution in [-0.2, 0) is 11.2 Å². The van der Waals surface area contributed by atoms with E-state index in [1.807, 2.05) is 49.4 Å². The lowest BCUT2D eigenvalue weighted by molar-refractivity contribution is -0.122. The average molecular weight is 505 g/mol. The van der Waals surface area contributed by atoms with Crippen molar-refractivity contribution in [3.63, 3.8) is 0 Å². The smallest absolute Gasteiger partial charge is 0.267 e. The molecular formula is C27H28N4O2S2. The van der Waals surface area contributed by atoms with Gasteiger partial charge in [-0.1, -0.05) is 79.6 Å². The van der Waals surface area contributed by atoms with Crippen molar-refractivity contribution in [1.82, 2.24) is 14.3 Å². The first-order valence-electron chi connectivity index (χ1n) is 12.1. The monoisotopic (exact) mass is 504 g/mol. The van der Waals surface area contributed by atoms with E-state index < -0.39 is 0 Å². The SMILES string of the molecule is Cc1ccc2nc(NC3CCCCC3)c(/C=C3/SC(=S)N(CCc4ccccc4)C3=O)c(=O)n2c1. The van der Waals surface area contributed by atoms with Gasteiger partial charge in [0.15, 0.2) is 0 Å². The highest BCUT2D eigenvalue weighted by Crippen LogP contribution is 2.33. The molecule has 35 heavy (non-hydrogen) atoms. The Labute approximate surface area is 214 Å².